The van der Waals surface area contributed by atoms with Crippen molar-refractivity contribution in [3.63, 3.8) is 0 Å². The van der Waals surface area contributed by atoms with Crippen LogP contribution in [0.15, 0.2) is 53.0 Å². The van der Waals surface area contributed by atoms with E-state index in [1.807, 2.05) is 0 Å². The minimum absolute atomic E-state index is 0.101. The van der Waals surface area contributed by atoms with Gasteiger partial charge in [0.15, 0.2) is 11.7 Å². The Bertz CT molecular complexity index is 1130. The first-order chi connectivity index (χ1) is 14.6. The number of carbonyl (C=O) groups is 1. The van der Waals surface area contributed by atoms with Crippen LogP contribution in [0, 0.1) is 0 Å². The highest BCUT2D eigenvalue weighted by molar-refractivity contribution is 9.10. The summed E-state index contributed by atoms with van der Waals surface area (Å²) < 4.78 is 43.0. The maximum absolute atomic E-state index is 13.8. The first kappa shape index (κ1) is 22.0. The van der Waals surface area contributed by atoms with E-state index in [0.29, 0.717) is 10.6 Å². The highest BCUT2D eigenvalue weighted by atomic mass is 79.9. The number of amides is 1. The van der Waals surface area contributed by atoms with Crippen LogP contribution in [-0.4, -0.2) is 21.9 Å². The Morgan fingerprint density at radius 2 is 1.87 bits per heavy atom. The summed E-state index contributed by atoms with van der Waals surface area (Å²) in [6, 6.07) is 10.3. The molecule has 0 radical (unpaired) electrons. The molecule has 4 rings (SSSR count). The molecule has 2 N–H and O–H groups in total. The molecular weight excluding hydrogens is 520 g/mol. The fourth-order valence-corrected chi connectivity index (χ4v) is 3.98. The number of rotatable bonds is 3. The molecule has 0 fully saturated rings. The van der Waals surface area contributed by atoms with Crippen molar-refractivity contribution in [2.24, 2.45) is 0 Å². The summed E-state index contributed by atoms with van der Waals surface area (Å²) in [5, 5.41) is 10.1. The molecule has 2 heterocycles. The second-order valence-electron chi connectivity index (χ2n) is 6.98. The number of alkyl halides is 3. The third kappa shape index (κ3) is 4.68. The maximum Gasteiger partial charge on any atom is 0.410 e. The van der Waals surface area contributed by atoms with Crippen molar-refractivity contribution in [1.82, 2.24) is 9.78 Å². The number of carbonyl (C=O) groups excluding carboxylic acids is 1. The Morgan fingerprint density at radius 3 is 2.55 bits per heavy atom. The van der Waals surface area contributed by atoms with E-state index in [1.165, 1.54) is 18.2 Å². The summed E-state index contributed by atoms with van der Waals surface area (Å²) in [7, 11) is 0. The Morgan fingerprint density at radius 1 is 1.16 bits per heavy atom. The average molecular weight is 534 g/mol. The number of fused-ring (bicyclic) bond motifs is 1. The minimum Gasteiger partial charge on any atom is -0.363 e. The van der Waals surface area contributed by atoms with Gasteiger partial charge in [-0.05, 0) is 35.9 Å². The lowest BCUT2D eigenvalue weighted by Crippen LogP contribution is -2.35. The Balaban J connectivity index is 1.65. The zero-order chi connectivity index (χ0) is 22.3. The van der Waals surface area contributed by atoms with E-state index in [9.17, 15) is 18.0 Å². The topological polar surface area (TPSA) is 59.0 Å². The van der Waals surface area contributed by atoms with Gasteiger partial charge in [0.2, 0.25) is 0 Å². The number of anilines is 2. The van der Waals surface area contributed by atoms with Crippen molar-refractivity contribution in [2.45, 2.75) is 24.7 Å². The molecule has 0 aliphatic carbocycles. The van der Waals surface area contributed by atoms with Crippen LogP contribution in [0.3, 0.4) is 0 Å². The summed E-state index contributed by atoms with van der Waals surface area (Å²) in [5.74, 6) is -0.599. The molecule has 162 valence electrons. The number of nitrogens with zero attached hydrogens (tertiary/aromatic N) is 2. The zero-order valence-corrected chi connectivity index (χ0v) is 18.6. The van der Waals surface area contributed by atoms with Crippen LogP contribution >= 0.6 is 39.1 Å². The van der Waals surface area contributed by atoms with E-state index in [0.717, 1.165) is 9.15 Å². The lowest BCUT2D eigenvalue weighted by atomic mass is 9.97. The van der Waals surface area contributed by atoms with Crippen molar-refractivity contribution in [2.75, 3.05) is 10.6 Å². The van der Waals surface area contributed by atoms with Crippen molar-refractivity contribution in [3.8, 4) is 0 Å². The third-order valence-electron chi connectivity index (χ3n) is 4.87. The first-order valence-corrected chi connectivity index (χ1v) is 10.6. The lowest BCUT2D eigenvalue weighted by Gasteiger charge is -2.33. The van der Waals surface area contributed by atoms with Crippen LogP contribution in [0.2, 0.25) is 10.0 Å². The molecule has 1 amide bonds. The highest BCUT2D eigenvalue weighted by Gasteiger charge is 2.46. The Kier molecular flexibility index (Phi) is 5.93. The molecule has 0 unspecified atom stereocenters. The van der Waals surface area contributed by atoms with Crippen LogP contribution in [0.5, 0.6) is 0 Å². The molecular formula is C20H14BrCl2F3N4O. The van der Waals surface area contributed by atoms with Crippen LogP contribution < -0.4 is 10.6 Å². The van der Waals surface area contributed by atoms with E-state index in [2.05, 4.69) is 31.7 Å². The maximum atomic E-state index is 13.8. The van der Waals surface area contributed by atoms with Gasteiger partial charge in [-0.2, -0.15) is 18.3 Å². The van der Waals surface area contributed by atoms with E-state index in [-0.39, 0.29) is 28.6 Å². The van der Waals surface area contributed by atoms with Crippen LogP contribution in [-0.2, 0) is 0 Å². The third-order valence-corrected chi connectivity index (χ3v) is 5.96. The summed E-state index contributed by atoms with van der Waals surface area (Å²) in [5.41, 5.74) is 0.754. The number of hydrogen-bond donors (Lipinski definition) is 2. The van der Waals surface area contributed by atoms with E-state index >= 15 is 0 Å². The lowest BCUT2D eigenvalue weighted by molar-refractivity contribution is -0.173. The fourth-order valence-electron chi connectivity index (χ4n) is 3.38. The number of nitrogens with one attached hydrogen (secondary N) is 2. The van der Waals surface area contributed by atoms with Gasteiger partial charge in [-0.15, -0.1) is 0 Å². The summed E-state index contributed by atoms with van der Waals surface area (Å²) in [6.45, 7) is 0. The molecule has 5 nitrogen and oxygen atoms in total. The van der Waals surface area contributed by atoms with E-state index in [4.69, 9.17) is 23.2 Å². The predicted octanol–water partition coefficient (Wildman–Crippen LogP) is 6.87. The van der Waals surface area contributed by atoms with Crippen LogP contribution in [0.25, 0.3) is 0 Å². The molecule has 0 bridgehead atoms. The van der Waals surface area contributed by atoms with Crippen molar-refractivity contribution in [1.29, 1.82) is 0 Å². The van der Waals surface area contributed by atoms with Crippen LogP contribution in [0.4, 0.5) is 24.7 Å². The normalized spacial score (nSPS) is 18.3. The summed E-state index contributed by atoms with van der Waals surface area (Å²) in [4.78, 5) is 12.6. The number of benzene rings is 2. The number of halogens is 6. The average Bonchev–Trinajstić information content (AvgIpc) is 3.14. The van der Waals surface area contributed by atoms with E-state index < -0.39 is 24.2 Å². The monoisotopic (exact) mass is 532 g/mol. The van der Waals surface area contributed by atoms with Gasteiger partial charge in [-0.3, -0.25) is 4.79 Å². The highest BCUT2D eigenvalue weighted by Crippen LogP contribution is 2.43. The van der Waals surface area contributed by atoms with Gasteiger partial charge in [-0.25, -0.2) is 4.68 Å². The van der Waals surface area contributed by atoms with Gasteiger partial charge in [0, 0.05) is 22.0 Å². The second-order valence-corrected chi connectivity index (χ2v) is 8.74. The first-order valence-electron chi connectivity index (χ1n) is 9.06. The smallest absolute Gasteiger partial charge is 0.363 e. The van der Waals surface area contributed by atoms with Crippen LogP contribution in [0.1, 0.15) is 34.6 Å². The number of aromatic nitrogens is 2. The molecule has 0 saturated carbocycles. The van der Waals surface area contributed by atoms with Crippen molar-refractivity contribution >= 4 is 56.5 Å². The predicted molar refractivity (Wildman–Crippen MR) is 117 cm³/mol. The Labute approximate surface area is 193 Å². The Hall–Kier alpha value is -2.23. The quantitative estimate of drug-likeness (QED) is 0.386. The molecule has 31 heavy (non-hydrogen) atoms. The standard InChI is InChI=1S/C20H14BrCl2F3N4O/c21-11-3-1-10(2-4-11)14-8-17(20(24,25)26)30-18(27-14)9-16(29-30)19(31)28-15-7-12(22)5-6-13(15)23/h1-7,9,14,17,27H,8H2,(H,28,31)/t14-,17+/m0/s1. The molecule has 2 atom stereocenters. The zero-order valence-electron chi connectivity index (χ0n) is 15.6. The summed E-state index contributed by atoms with van der Waals surface area (Å²) in [6.07, 6.45) is -4.80. The molecule has 0 saturated heterocycles. The van der Waals surface area contributed by atoms with Gasteiger partial charge in [-0.1, -0.05) is 51.3 Å². The van der Waals surface area contributed by atoms with Crippen molar-refractivity contribution < 1.29 is 18.0 Å². The second kappa shape index (κ2) is 8.37. The molecule has 1 aliphatic rings. The summed E-state index contributed by atoms with van der Waals surface area (Å²) >= 11 is 15.3. The minimum atomic E-state index is -4.54. The molecule has 3 aromatic rings. The fraction of sp³-hybridized carbons (Fsp3) is 0.200. The molecule has 1 aliphatic heterocycles. The van der Waals surface area contributed by atoms with Gasteiger partial charge in [0.25, 0.3) is 5.91 Å². The van der Waals surface area contributed by atoms with Gasteiger partial charge in [0.1, 0.15) is 5.82 Å². The van der Waals surface area contributed by atoms with Crippen molar-refractivity contribution in [3.05, 3.63) is 74.3 Å². The SMILES string of the molecule is O=C(Nc1cc(Cl)ccc1Cl)c1cc2n(n1)[C@@H](C(F)(F)F)C[C@@H](c1ccc(Br)cc1)N2. The van der Waals surface area contributed by atoms with Gasteiger partial charge < -0.3 is 10.6 Å². The molecule has 0 spiro atoms. The van der Waals surface area contributed by atoms with Gasteiger partial charge >= 0.3 is 6.18 Å². The van der Waals surface area contributed by atoms with E-state index in [1.54, 1.807) is 30.3 Å². The molecule has 11 heteroatoms. The number of hydrogen-bond acceptors (Lipinski definition) is 3. The molecule has 1 aromatic heterocycles. The molecule has 2 aromatic carbocycles. The largest absolute Gasteiger partial charge is 0.410 e. The van der Waals surface area contributed by atoms with Gasteiger partial charge in [0.05, 0.1) is 16.8 Å².